The Morgan fingerprint density at radius 3 is 2.44 bits per heavy atom. The van der Waals surface area contributed by atoms with Gasteiger partial charge in [0.15, 0.2) is 0 Å². The predicted molar refractivity (Wildman–Crippen MR) is 65.2 cm³/mol. The Balaban J connectivity index is 2.52. The Hall–Kier alpha value is -1.03. The molecule has 1 saturated carbocycles. The van der Waals surface area contributed by atoms with Crippen LogP contribution in [0.5, 0.6) is 0 Å². The molecule has 2 rings (SSSR count). The molecule has 0 aliphatic heterocycles. The van der Waals surface area contributed by atoms with E-state index in [1.807, 2.05) is 0 Å². The molecule has 1 aromatic rings. The van der Waals surface area contributed by atoms with E-state index in [1.54, 1.807) is 13.0 Å². The van der Waals surface area contributed by atoms with Crippen LogP contribution in [-0.4, -0.2) is 12.5 Å². The van der Waals surface area contributed by atoms with Gasteiger partial charge in [-0.3, -0.25) is 0 Å². The van der Waals surface area contributed by atoms with Crippen molar-refractivity contribution in [1.29, 1.82) is 0 Å². The van der Waals surface area contributed by atoms with Crippen LogP contribution in [0, 0.1) is 5.82 Å². The molecule has 1 aromatic carbocycles. The van der Waals surface area contributed by atoms with Gasteiger partial charge in [0.2, 0.25) is 0 Å². The van der Waals surface area contributed by atoms with Gasteiger partial charge in [-0.2, -0.15) is 0 Å². The highest BCUT2D eigenvalue weighted by molar-refractivity contribution is 5.30. The molecule has 1 aliphatic rings. The fraction of sp³-hybridized carbons (Fsp3) is 0.571. The van der Waals surface area contributed by atoms with Gasteiger partial charge in [0.25, 0.3) is 5.92 Å². The molecular weight excluding hydrogens is 239 g/mol. The third-order valence-electron chi connectivity index (χ3n) is 3.73. The minimum absolute atomic E-state index is 0.0940. The summed E-state index contributed by atoms with van der Waals surface area (Å²) in [6.45, 7) is 2.16. The molecule has 0 saturated heterocycles. The van der Waals surface area contributed by atoms with Crippen molar-refractivity contribution in [2.24, 2.45) is 0 Å². The van der Waals surface area contributed by atoms with Crippen molar-refractivity contribution in [3.05, 3.63) is 35.6 Å². The van der Waals surface area contributed by atoms with Gasteiger partial charge in [-0.1, -0.05) is 31.5 Å². The molecule has 1 aliphatic carbocycles. The molecule has 1 N–H and O–H groups in total. The predicted octanol–water partition coefficient (Wildman–Crippen LogP) is 3.84. The zero-order valence-corrected chi connectivity index (χ0v) is 10.5. The molecule has 0 amide bonds. The van der Waals surface area contributed by atoms with Gasteiger partial charge < -0.3 is 5.32 Å². The van der Waals surface area contributed by atoms with E-state index in [0.29, 0.717) is 19.4 Å². The Kier molecular flexibility index (Phi) is 3.66. The highest BCUT2D eigenvalue weighted by Crippen LogP contribution is 2.48. The normalized spacial score (nSPS) is 27.1. The van der Waals surface area contributed by atoms with Gasteiger partial charge in [0.1, 0.15) is 11.4 Å². The van der Waals surface area contributed by atoms with Crippen molar-refractivity contribution < 1.29 is 13.2 Å². The summed E-state index contributed by atoms with van der Waals surface area (Å²) in [5.74, 6) is -3.47. The summed E-state index contributed by atoms with van der Waals surface area (Å²) in [6, 6.07) is 5.86. The summed E-state index contributed by atoms with van der Waals surface area (Å²) in [7, 11) is 0. The molecule has 1 atom stereocenters. The second-order valence-corrected chi connectivity index (χ2v) is 4.83. The highest BCUT2D eigenvalue weighted by atomic mass is 19.3. The van der Waals surface area contributed by atoms with Crippen LogP contribution in [0.4, 0.5) is 13.2 Å². The summed E-state index contributed by atoms with van der Waals surface area (Å²) >= 11 is 0. The van der Waals surface area contributed by atoms with Crippen LogP contribution in [0.15, 0.2) is 24.3 Å². The summed E-state index contributed by atoms with van der Waals surface area (Å²) in [5.41, 5.74) is -1.46. The lowest BCUT2D eigenvalue weighted by molar-refractivity contribution is -0.122. The number of nitrogens with one attached hydrogen (secondary N) is 1. The van der Waals surface area contributed by atoms with Crippen LogP contribution in [0.3, 0.4) is 0 Å². The molecule has 100 valence electrons. The van der Waals surface area contributed by atoms with Crippen LogP contribution in [0.1, 0.15) is 38.2 Å². The number of hydrogen-bond acceptors (Lipinski definition) is 1. The fourth-order valence-electron chi connectivity index (χ4n) is 2.89. The van der Waals surface area contributed by atoms with E-state index < -0.39 is 17.3 Å². The SMILES string of the molecule is CCN[C@]1(c2ccccc2F)CCCCC1(F)F. The smallest absolute Gasteiger partial charge is 0.270 e. The Morgan fingerprint density at radius 1 is 1.17 bits per heavy atom. The molecule has 1 nitrogen and oxygen atoms in total. The van der Waals surface area contributed by atoms with Crippen LogP contribution in [0.2, 0.25) is 0 Å². The van der Waals surface area contributed by atoms with Gasteiger partial charge >= 0.3 is 0 Å². The molecule has 18 heavy (non-hydrogen) atoms. The van der Waals surface area contributed by atoms with Crippen LogP contribution in [-0.2, 0) is 5.54 Å². The first-order chi connectivity index (χ1) is 8.53. The number of benzene rings is 1. The first-order valence-electron chi connectivity index (χ1n) is 6.41. The van der Waals surface area contributed by atoms with Gasteiger partial charge in [-0.15, -0.1) is 0 Å². The van der Waals surface area contributed by atoms with Crippen LogP contribution < -0.4 is 5.32 Å². The average molecular weight is 257 g/mol. The lowest BCUT2D eigenvalue weighted by Gasteiger charge is -2.45. The lowest BCUT2D eigenvalue weighted by Crippen LogP contribution is -2.58. The van der Waals surface area contributed by atoms with E-state index in [9.17, 15) is 13.2 Å². The monoisotopic (exact) mass is 257 g/mol. The molecule has 1 fully saturated rings. The third kappa shape index (κ3) is 2.03. The topological polar surface area (TPSA) is 12.0 Å². The Bertz CT molecular complexity index is 415. The lowest BCUT2D eigenvalue weighted by atomic mass is 9.73. The number of alkyl halides is 2. The number of rotatable bonds is 3. The van der Waals surface area contributed by atoms with Crippen molar-refractivity contribution in [3.8, 4) is 0 Å². The van der Waals surface area contributed by atoms with Crippen molar-refractivity contribution in [1.82, 2.24) is 5.32 Å². The van der Waals surface area contributed by atoms with Crippen LogP contribution >= 0.6 is 0 Å². The molecule has 0 heterocycles. The van der Waals surface area contributed by atoms with E-state index in [4.69, 9.17) is 0 Å². The maximum Gasteiger partial charge on any atom is 0.270 e. The average Bonchev–Trinajstić information content (AvgIpc) is 2.33. The standard InChI is InChI=1S/C14H18F3N/c1-2-18-13(9-5-6-10-14(13,16)17)11-7-3-4-8-12(11)15/h3-4,7-8,18H,2,5-6,9-10H2,1H3/t13-/m0/s1. The quantitative estimate of drug-likeness (QED) is 0.867. The fourth-order valence-corrected chi connectivity index (χ4v) is 2.89. The van der Waals surface area contributed by atoms with Crippen molar-refractivity contribution in [2.75, 3.05) is 6.54 Å². The second-order valence-electron chi connectivity index (χ2n) is 4.83. The molecular formula is C14H18F3N. The van der Waals surface area contributed by atoms with Gasteiger partial charge in [-0.25, -0.2) is 13.2 Å². The third-order valence-corrected chi connectivity index (χ3v) is 3.73. The van der Waals surface area contributed by atoms with E-state index >= 15 is 0 Å². The summed E-state index contributed by atoms with van der Waals surface area (Å²) < 4.78 is 42.6. The maximum absolute atomic E-state index is 14.3. The van der Waals surface area contributed by atoms with Crippen molar-refractivity contribution in [3.63, 3.8) is 0 Å². The molecule has 4 heteroatoms. The zero-order chi connectivity index (χ0) is 13.2. The zero-order valence-electron chi connectivity index (χ0n) is 10.5. The number of hydrogen-bond donors (Lipinski definition) is 1. The van der Waals surface area contributed by atoms with E-state index in [1.165, 1.54) is 18.2 Å². The molecule has 0 aromatic heterocycles. The van der Waals surface area contributed by atoms with Crippen molar-refractivity contribution >= 4 is 0 Å². The summed E-state index contributed by atoms with van der Waals surface area (Å²) in [4.78, 5) is 0. The van der Waals surface area contributed by atoms with Gasteiger partial charge in [0, 0.05) is 12.0 Å². The summed E-state index contributed by atoms with van der Waals surface area (Å²) in [5, 5.41) is 2.86. The number of halogens is 3. The Labute approximate surface area is 105 Å². The molecule has 0 bridgehead atoms. The largest absolute Gasteiger partial charge is 0.303 e. The van der Waals surface area contributed by atoms with Gasteiger partial charge in [-0.05, 0) is 25.5 Å². The van der Waals surface area contributed by atoms with E-state index in [-0.39, 0.29) is 18.4 Å². The highest BCUT2D eigenvalue weighted by Gasteiger charge is 2.56. The summed E-state index contributed by atoms with van der Waals surface area (Å²) in [6.07, 6.45) is 1.27. The Morgan fingerprint density at radius 2 is 1.83 bits per heavy atom. The van der Waals surface area contributed by atoms with Gasteiger partial charge in [0.05, 0.1) is 0 Å². The molecule has 0 spiro atoms. The van der Waals surface area contributed by atoms with E-state index in [2.05, 4.69) is 5.32 Å². The van der Waals surface area contributed by atoms with Crippen molar-refractivity contribution in [2.45, 2.75) is 44.1 Å². The van der Waals surface area contributed by atoms with Crippen LogP contribution in [0.25, 0.3) is 0 Å². The minimum Gasteiger partial charge on any atom is -0.303 e. The van der Waals surface area contributed by atoms with E-state index in [0.717, 1.165) is 0 Å². The second kappa shape index (κ2) is 4.92. The first-order valence-corrected chi connectivity index (χ1v) is 6.41. The molecule has 0 unspecified atom stereocenters. The maximum atomic E-state index is 14.3. The first kappa shape index (κ1) is 13.4. The molecule has 0 radical (unpaired) electrons. The minimum atomic E-state index is -2.91.